The molecule has 0 N–H and O–H groups in total. The number of ether oxygens (including phenoxy) is 1. The summed E-state index contributed by atoms with van der Waals surface area (Å²) in [5.74, 6) is -1.20. The molecule has 1 aromatic heterocycles. The minimum Gasteiger partial charge on any atom is -0.547 e. The monoisotopic (exact) mass is 171 g/mol. The third-order valence-corrected chi connectivity index (χ3v) is 2.17. The Bertz CT molecular complexity index is 230. The second-order valence-electron chi connectivity index (χ2n) is 1.95. The number of aliphatic carboxylic acids is 1. The molecule has 0 aliphatic carbocycles. The molecule has 1 rings (SSSR count). The molecule has 0 saturated carbocycles. The van der Waals surface area contributed by atoms with Gasteiger partial charge in [0.25, 0.3) is 0 Å². The summed E-state index contributed by atoms with van der Waals surface area (Å²) in [7, 11) is 1.35. The number of methoxy groups -OCH3 is 1. The van der Waals surface area contributed by atoms with E-state index in [4.69, 9.17) is 4.74 Å². The van der Waals surface area contributed by atoms with Crippen molar-refractivity contribution in [2.24, 2.45) is 0 Å². The molecule has 1 heterocycles. The predicted octanol–water partition coefficient (Wildman–Crippen LogP) is 0.185. The first-order valence-electron chi connectivity index (χ1n) is 3.02. The van der Waals surface area contributed by atoms with Gasteiger partial charge in [-0.05, 0) is 11.4 Å². The van der Waals surface area contributed by atoms with Crippen LogP contribution in [0.4, 0.5) is 0 Å². The molecule has 0 aromatic carbocycles. The number of carboxylic acid groups (broad SMARTS) is 1. The maximum absolute atomic E-state index is 10.4. The molecular formula is C7H7O3S-. The van der Waals surface area contributed by atoms with Crippen LogP contribution in [-0.4, -0.2) is 13.1 Å². The van der Waals surface area contributed by atoms with Gasteiger partial charge in [0.15, 0.2) is 0 Å². The molecule has 1 atom stereocenters. The van der Waals surface area contributed by atoms with Gasteiger partial charge >= 0.3 is 0 Å². The number of hydrogen-bond donors (Lipinski definition) is 0. The lowest BCUT2D eigenvalue weighted by molar-refractivity contribution is -0.316. The van der Waals surface area contributed by atoms with Gasteiger partial charge < -0.3 is 14.6 Å². The highest BCUT2D eigenvalue weighted by Crippen LogP contribution is 2.20. The molecule has 4 heteroatoms. The minimum atomic E-state index is -1.20. The van der Waals surface area contributed by atoms with E-state index >= 15 is 0 Å². The van der Waals surface area contributed by atoms with E-state index in [9.17, 15) is 9.90 Å². The van der Waals surface area contributed by atoms with Crippen LogP contribution in [0.15, 0.2) is 17.5 Å². The highest BCUT2D eigenvalue weighted by atomic mass is 32.1. The van der Waals surface area contributed by atoms with Gasteiger partial charge in [-0.15, -0.1) is 11.3 Å². The Labute approximate surface area is 68.2 Å². The maximum Gasteiger partial charge on any atom is 0.131 e. The van der Waals surface area contributed by atoms with E-state index in [1.807, 2.05) is 0 Å². The van der Waals surface area contributed by atoms with Crippen LogP contribution in [0.25, 0.3) is 0 Å². The fourth-order valence-electron chi connectivity index (χ4n) is 0.769. The van der Waals surface area contributed by atoms with Crippen LogP contribution in [0.2, 0.25) is 0 Å². The molecule has 60 valence electrons. The summed E-state index contributed by atoms with van der Waals surface area (Å²) in [5.41, 5.74) is 0. The van der Waals surface area contributed by atoms with Gasteiger partial charge in [-0.2, -0.15) is 0 Å². The van der Waals surface area contributed by atoms with E-state index in [2.05, 4.69) is 0 Å². The van der Waals surface area contributed by atoms with Gasteiger partial charge in [0, 0.05) is 12.0 Å². The highest BCUT2D eigenvalue weighted by Gasteiger charge is 2.11. The topological polar surface area (TPSA) is 49.4 Å². The summed E-state index contributed by atoms with van der Waals surface area (Å²) >= 11 is 1.34. The Morgan fingerprint density at radius 1 is 1.82 bits per heavy atom. The zero-order valence-electron chi connectivity index (χ0n) is 5.94. The van der Waals surface area contributed by atoms with Gasteiger partial charge in [-0.3, -0.25) is 0 Å². The predicted molar refractivity (Wildman–Crippen MR) is 39.1 cm³/mol. The number of carbonyl (C=O) groups is 1. The molecule has 0 radical (unpaired) electrons. The molecule has 3 nitrogen and oxygen atoms in total. The van der Waals surface area contributed by atoms with Gasteiger partial charge in [0.05, 0.1) is 5.97 Å². The van der Waals surface area contributed by atoms with E-state index in [-0.39, 0.29) is 0 Å². The Morgan fingerprint density at radius 3 is 2.91 bits per heavy atom. The summed E-state index contributed by atoms with van der Waals surface area (Å²) in [6.45, 7) is 0. The van der Waals surface area contributed by atoms with Crippen LogP contribution in [0.1, 0.15) is 11.0 Å². The van der Waals surface area contributed by atoms with Crippen molar-refractivity contribution in [2.75, 3.05) is 7.11 Å². The molecule has 0 aliphatic heterocycles. The van der Waals surface area contributed by atoms with Crippen LogP contribution in [0.5, 0.6) is 0 Å². The van der Waals surface area contributed by atoms with Gasteiger partial charge in [0.2, 0.25) is 0 Å². The van der Waals surface area contributed by atoms with E-state index < -0.39 is 12.1 Å². The van der Waals surface area contributed by atoms with Crippen molar-refractivity contribution in [1.82, 2.24) is 0 Å². The fraction of sp³-hybridized carbons (Fsp3) is 0.286. The molecule has 0 amide bonds. The third-order valence-electron chi connectivity index (χ3n) is 1.25. The Balaban J connectivity index is 2.79. The standard InChI is InChI=1S/C7H8O3S/c1-10-6(7(8)9)5-3-2-4-11-5/h2-4,6H,1H3,(H,8,9)/p-1/t6-/m0/s1. The average molecular weight is 171 g/mol. The molecule has 0 aliphatic rings. The van der Waals surface area contributed by atoms with Crippen LogP contribution in [0, 0.1) is 0 Å². The fourth-order valence-corrected chi connectivity index (χ4v) is 1.56. The second kappa shape index (κ2) is 3.50. The lowest BCUT2D eigenvalue weighted by Gasteiger charge is -2.13. The van der Waals surface area contributed by atoms with Crippen LogP contribution in [0.3, 0.4) is 0 Å². The van der Waals surface area contributed by atoms with Gasteiger partial charge in [-0.1, -0.05) is 6.07 Å². The van der Waals surface area contributed by atoms with Gasteiger partial charge in [0.1, 0.15) is 6.10 Å². The number of thiophene rings is 1. The summed E-state index contributed by atoms with van der Waals surface area (Å²) in [5, 5.41) is 12.2. The number of carbonyl (C=O) groups excluding carboxylic acids is 1. The Hall–Kier alpha value is -0.870. The van der Waals surface area contributed by atoms with Crippen molar-refractivity contribution in [1.29, 1.82) is 0 Å². The van der Waals surface area contributed by atoms with Crippen molar-refractivity contribution in [2.45, 2.75) is 6.10 Å². The van der Waals surface area contributed by atoms with Crippen molar-refractivity contribution >= 4 is 17.3 Å². The third kappa shape index (κ3) is 1.78. The van der Waals surface area contributed by atoms with Crippen molar-refractivity contribution in [3.63, 3.8) is 0 Å². The van der Waals surface area contributed by atoms with E-state index in [1.165, 1.54) is 18.4 Å². The zero-order valence-corrected chi connectivity index (χ0v) is 6.76. The van der Waals surface area contributed by atoms with Crippen molar-refractivity contribution < 1.29 is 14.6 Å². The normalized spacial score (nSPS) is 12.8. The van der Waals surface area contributed by atoms with Crippen LogP contribution in [-0.2, 0) is 9.53 Å². The lowest BCUT2D eigenvalue weighted by Crippen LogP contribution is -2.30. The number of hydrogen-bond acceptors (Lipinski definition) is 4. The largest absolute Gasteiger partial charge is 0.547 e. The molecule has 0 bridgehead atoms. The number of carboxylic acids is 1. The Morgan fingerprint density at radius 2 is 2.55 bits per heavy atom. The molecular weight excluding hydrogens is 164 g/mol. The summed E-state index contributed by atoms with van der Waals surface area (Å²) < 4.78 is 4.70. The molecule has 0 spiro atoms. The summed E-state index contributed by atoms with van der Waals surface area (Å²) in [4.78, 5) is 11.1. The van der Waals surface area contributed by atoms with Crippen molar-refractivity contribution in [3.8, 4) is 0 Å². The Kier molecular flexibility index (Phi) is 2.62. The molecule has 0 unspecified atom stereocenters. The minimum absolute atomic E-state index is 0.660. The number of rotatable bonds is 3. The zero-order chi connectivity index (χ0) is 8.27. The molecule has 1 aromatic rings. The molecule has 0 fully saturated rings. The highest BCUT2D eigenvalue weighted by molar-refractivity contribution is 7.10. The first kappa shape index (κ1) is 8.23. The first-order valence-corrected chi connectivity index (χ1v) is 3.90. The van der Waals surface area contributed by atoms with Gasteiger partial charge in [-0.25, -0.2) is 0 Å². The smallest absolute Gasteiger partial charge is 0.131 e. The SMILES string of the molecule is CO[C@H](C(=O)[O-])c1cccs1. The molecule has 11 heavy (non-hydrogen) atoms. The first-order chi connectivity index (χ1) is 5.25. The lowest BCUT2D eigenvalue weighted by atomic mass is 10.3. The van der Waals surface area contributed by atoms with E-state index in [0.29, 0.717) is 4.88 Å². The summed E-state index contributed by atoms with van der Waals surface area (Å²) in [6.07, 6.45) is -0.921. The van der Waals surface area contributed by atoms with E-state index in [1.54, 1.807) is 17.5 Å². The average Bonchev–Trinajstić information content (AvgIpc) is 2.40. The van der Waals surface area contributed by atoms with Crippen LogP contribution < -0.4 is 5.11 Å². The molecule has 0 saturated heterocycles. The van der Waals surface area contributed by atoms with Crippen molar-refractivity contribution in [3.05, 3.63) is 22.4 Å². The quantitative estimate of drug-likeness (QED) is 0.652. The maximum atomic E-state index is 10.4. The van der Waals surface area contributed by atoms with Crippen LogP contribution >= 0.6 is 11.3 Å². The second-order valence-corrected chi connectivity index (χ2v) is 2.93. The summed E-state index contributed by atoms with van der Waals surface area (Å²) in [6, 6.07) is 3.48. The van der Waals surface area contributed by atoms with E-state index in [0.717, 1.165) is 0 Å².